The van der Waals surface area contributed by atoms with Gasteiger partial charge in [0.05, 0.1) is 32.8 Å². The zero-order valence-electron chi connectivity index (χ0n) is 14.9. The molecule has 0 radical (unpaired) electrons. The number of fused-ring (bicyclic) bond motifs is 1. The Bertz CT molecular complexity index is 970. The number of amides is 1. The first-order valence-corrected chi connectivity index (χ1v) is 11.1. The minimum Gasteiger partial charge on any atom is -0.376 e. The van der Waals surface area contributed by atoms with Gasteiger partial charge in [0.15, 0.2) is 5.13 Å². The number of halogens is 2. The molecule has 1 fully saturated rings. The van der Waals surface area contributed by atoms with Gasteiger partial charge in [0, 0.05) is 6.61 Å². The summed E-state index contributed by atoms with van der Waals surface area (Å²) in [5, 5.41) is 0.668. The summed E-state index contributed by atoms with van der Waals surface area (Å²) in [5.74, 6) is -0.187. The average Bonchev–Trinajstić information content (AvgIpc) is 3.35. The van der Waals surface area contributed by atoms with Crippen molar-refractivity contribution in [2.45, 2.75) is 32.8 Å². The zero-order chi connectivity index (χ0) is 19.1. The van der Waals surface area contributed by atoms with E-state index in [1.165, 1.54) is 22.7 Å². The molecule has 3 aromatic rings. The average molecular weight is 441 g/mol. The van der Waals surface area contributed by atoms with E-state index in [4.69, 9.17) is 32.9 Å². The molecular weight excluding hydrogens is 423 g/mol. The molecule has 0 aliphatic carbocycles. The highest BCUT2D eigenvalue weighted by molar-refractivity contribution is 7.22. The molecule has 1 aliphatic heterocycles. The molecule has 0 bridgehead atoms. The Kier molecular flexibility index (Phi) is 5.45. The van der Waals surface area contributed by atoms with Crippen LogP contribution < -0.4 is 4.90 Å². The van der Waals surface area contributed by atoms with Gasteiger partial charge in [-0.2, -0.15) is 0 Å². The number of benzene rings is 1. The van der Waals surface area contributed by atoms with E-state index in [1.54, 1.807) is 11.0 Å². The fourth-order valence-corrected chi connectivity index (χ4v) is 5.80. The molecule has 1 aromatic carbocycles. The lowest BCUT2D eigenvalue weighted by molar-refractivity contribution is 0.0918. The number of aryl methyl sites for hydroxylation is 2. The van der Waals surface area contributed by atoms with Crippen molar-refractivity contribution in [3.05, 3.63) is 43.6 Å². The molecule has 3 heterocycles. The van der Waals surface area contributed by atoms with Crippen molar-refractivity contribution >= 4 is 67.1 Å². The van der Waals surface area contributed by atoms with Crippen LogP contribution in [0, 0.1) is 13.8 Å². The summed E-state index contributed by atoms with van der Waals surface area (Å²) in [6.07, 6.45) is 1.96. The normalized spacial score (nSPS) is 17.0. The van der Waals surface area contributed by atoms with Crippen LogP contribution in [0.15, 0.2) is 18.2 Å². The van der Waals surface area contributed by atoms with Gasteiger partial charge in [-0.1, -0.05) is 46.7 Å². The van der Waals surface area contributed by atoms with Gasteiger partial charge in [-0.05, 0) is 43.9 Å². The van der Waals surface area contributed by atoms with Crippen molar-refractivity contribution in [1.29, 1.82) is 0 Å². The van der Waals surface area contributed by atoms with Crippen LogP contribution in [0.5, 0.6) is 0 Å². The van der Waals surface area contributed by atoms with E-state index >= 15 is 0 Å². The molecule has 1 saturated heterocycles. The number of thiophene rings is 1. The Morgan fingerprint density at radius 2 is 2.07 bits per heavy atom. The molecule has 2 aromatic heterocycles. The van der Waals surface area contributed by atoms with Crippen LogP contribution in [-0.2, 0) is 4.74 Å². The van der Waals surface area contributed by atoms with E-state index in [9.17, 15) is 4.79 Å². The minimum atomic E-state index is -0.187. The monoisotopic (exact) mass is 440 g/mol. The predicted molar refractivity (Wildman–Crippen MR) is 114 cm³/mol. The maximum atomic E-state index is 13.3. The molecule has 1 aliphatic rings. The molecule has 1 atom stereocenters. The molecule has 0 saturated carbocycles. The molecule has 8 heteroatoms. The number of aromatic nitrogens is 1. The first-order valence-electron chi connectivity index (χ1n) is 8.69. The van der Waals surface area contributed by atoms with Gasteiger partial charge in [0.25, 0.3) is 5.91 Å². The summed E-state index contributed by atoms with van der Waals surface area (Å²) in [6, 6.07) is 5.77. The molecule has 0 N–H and O–H groups in total. The quantitative estimate of drug-likeness (QED) is 0.491. The van der Waals surface area contributed by atoms with Gasteiger partial charge in [-0.25, -0.2) is 4.98 Å². The van der Waals surface area contributed by atoms with Crippen LogP contribution in [-0.4, -0.2) is 30.1 Å². The largest absolute Gasteiger partial charge is 0.376 e. The summed E-state index contributed by atoms with van der Waals surface area (Å²) in [4.78, 5) is 19.8. The van der Waals surface area contributed by atoms with E-state index < -0.39 is 0 Å². The van der Waals surface area contributed by atoms with Crippen molar-refractivity contribution in [3.63, 3.8) is 0 Å². The lowest BCUT2D eigenvalue weighted by Gasteiger charge is -2.22. The highest BCUT2D eigenvalue weighted by Crippen LogP contribution is 2.37. The highest BCUT2D eigenvalue weighted by Gasteiger charge is 2.29. The number of ether oxygens (including phenoxy) is 1. The third-order valence-electron chi connectivity index (χ3n) is 4.70. The number of nitrogens with zero attached hydrogens (tertiary/aromatic N) is 2. The van der Waals surface area contributed by atoms with E-state index in [-0.39, 0.29) is 12.0 Å². The Morgan fingerprint density at radius 1 is 1.30 bits per heavy atom. The van der Waals surface area contributed by atoms with Gasteiger partial charge >= 0.3 is 0 Å². The lowest BCUT2D eigenvalue weighted by Crippen LogP contribution is -2.37. The van der Waals surface area contributed by atoms with Crippen LogP contribution in [0.3, 0.4) is 0 Å². The molecule has 4 nitrogen and oxygen atoms in total. The van der Waals surface area contributed by atoms with E-state index in [0.717, 1.165) is 40.8 Å². The topological polar surface area (TPSA) is 42.4 Å². The van der Waals surface area contributed by atoms with Crippen LogP contribution in [0.2, 0.25) is 8.67 Å². The summed E-state index contributed by atoms with van der Waals surface area (Å²) in [5.41, 5.74) is 3.60. The Morgan fingerprint density at radius 3 is 2.70 bits per heavy atom. The molecular formula is C19H18Cl2N2O2S2. The summed E-state index contributed by atoms with van der Waals surface area (Å²) < 4.78 is 7.77. The van der Waals surface area contributed by atoms with Crippen molar-refractivity contribution in [2.24, 2.45) is 0 Å². The lowest BCUT2D eigenvalue weighted by atomic mass is 10.1. The fourth-order valence-electron chi connectivity index (χ4n) is 3.23. The molecule has 0 spiro atoms. The number of thiazole rings is 1. The van der Waals surface area contributed by atoms with Gasteiger partial charge in [-0.15, -0.1) is 11.3 Å². The maximum Gasteiger partial charge on any atom is 0.262 e. The Hall–Kier alpha value is -1.18. The van der Waals surface area contributed by atoms with Crippen LogP contribution in [0.25, 0.3) is 10.2 Å². The third kappa shape index (κ3) is 3.74. The molecule has 27 heavy (non-hydrogen) atoms. The van der Waals surface area contributed by atoms with Gasteiger partial charge in [0.1, 0.15) is 4.34 Å². The SMILES string of the molecule is Cc1ccc(C)c2sc(N(C[C@H]3CCCO3)C(=O)c3cc(Cl)sc3Cl)nc12. The van der Waals surface area contributed by atoms with E-state index in [1.807, 2.05) is 6.92 Å². The molecule has 1 amide bonds. The second kappa shape index (κ2) is 7.68. The van der Waals surface area contributed by atoms with E-state index in [0.29, 0.717) is 25.9 Å². The van der Waals surface area contributed by atoms with Crippen molar-refractivity contribution in [3.8, 4) is 0 Å². The molecule has 0 unspecified atom stereocenters. The predicted octanol–water partition coefficient (Wildman–Crippen LogP) is 6.11. The summed E-state index contributed by atoms with van der Waals surface area (Å²) in [7, 11) is 0. The Labute approximate surface area is 175 Å². The van der Waals surface area contributed by atoms with Crippen LogP contribution >= 0.6 is 45.9 Å². The minimum absolute atomic E-state index is 0.0102. The molecule has 142 valence electrons. The zero-order valence-corrected chi connectivity index (χ0v) is 18.1. The van der Waals surface area contributed by atoms with Gasteiger partial charge in [0.2, 0.25) is 0 Å². The second-order valence-corrected chi connectivity index (χ2v) is 9.93. The number of hydrogen-bond acceptors (Lipinski definition) is 5. The van der Waals surface area contributed by atoms with E-state index in [2.05, 4.69) is 19.1 Å². The van der Waals surface area contributed by atoms with Crippen LogP contribution in [0.4, 0.5) is 5.13 Å². The highest BCUT2D eigenvalue weighted by atomic mass is 35.5. The standard InChI is InChI=1S/C19H18Cl2N2O2S2/c1-10-5-6-11(2)16-15(10)22-19(27-16)23(9-12-4-3-7-25-12)18(24)13-8-14(20)26-17(13)21/h5-6,8,12H,3-4,7,9H2,1-2H3/t12-/m1/s1. The first kappa shape index (κ1) is 19.2. The maximum absolute atomic E-state index is 13.3. The van der Waals surface area contributed by atoms with Crippen LogP contribution in [0.1, 0.15) is 34.3 Å². The number of hydrogen-bond donors (Lipinski definition) is 0. The number of anilines is 1. The number of carbonyl (C=O) groups is 1. The second-order valence-electron chi connectivity index (χ2n) is 6.66. The number of carbonyl (C=O) groups excluding carboxylic acids is 1. The van der Waals surface area contributed by atoms with Gasteiger partial charge < -0.3 is 4.74 Å². The van der Waals surface area contributed by atoms with Crippen molar-refractivity contribution < 1.29 is 9.53 Å². The van der Waals surface area contributed by atoms with Crippen molar-refractivity contribution in [2.75, 3.05) is 18.1 Å². The van der Waals surface area contributed by atoms with Gasteiger partial charge in [-0.3, -0.25) is 9.69 Å². The first-order chi connectivity index (χ1) is 12.9. The number of rotatable bonds is 4. The smallest absolute Gasteiger partial charge is 0.262 e. The molecule has 4 rings (SSSR count). The van der Waals surface area contributed by atoms with Crippen molar-refractivity contribution in [1.82, 2.24) is 4.98 Å². The third-order valence-corrected chi connectivity index (χ3v) is 7.41. The Balaban J connectivity index is 1.77. The summed E-state index contributed by atoms with van der Waals surface area (Å²) in [6.45, 7) is 5.29. The fraction of sp³-hybridized carbons (Fsp3) is 0.368. The summed E-state index contributed by atoms with van der Waals surface area (Å²) >= 11 is 15.0.